The van der Waals surface area contributed by atoms with Crippen molar-refractivity contribution in [1.29, 1.82) is 0 Å². The molecule has 6 nitrogen and oxygen atoms in total. The number of amides is 2. The molecule has 0 bridgehead atoms. The van der Waals surface area contributed by atoms with Gasteiger partial charge in [0.2, 0.25) is 5.91 Å². The maximum Gasteiger partial charge on any atom is 0.252 e. The molecular formula is C32H39N3O3. The fraction of sp³-hybridized carbons (Fsp3) is 0.469. The summed E-state index contributed by atoms with van der Waals surface area (Å²) in [4.78, 5) is 34.4. The maximum absolute atomic E-state index is 14.1. The molecule has 2 amide bonds. The van der Waals surface area contributed by atoms with E-state index in [0.29, 0.717) is 31.2 Å². The Morgan fingerprint density at radius 1 is 0.974 bits per heavy atom. The van der Waals surface area contributed by atoms with E-state index in [1.165, 1.54) is 19.3 Å². The van der Waals surface area contributed by atoms with Gasteiger partial charge in [-0.2, -0.15) is 0 Å². The van der Waals surface area contributed by atoms with E-state index in [1.807, 2.05) is 61.6 Å². The lowest BCUT2D eigenvalue weighted by Gasteiger charge is -2.30. The summed E-state index contributed by atoms with van der Waals surface area (Å²) in [5.41, 5.74) is 3.90. The van der Waals surface area contributed by atoms with Crippen LogP contribution in [0.5, 0.6) is 0 Å². The summed E-state index contributed by atoms with van der Waals surface area (Å²) in [6, 6.07) is 17.9. The van der Waals surface area contributed by atoms with Crippen LogP contribution in [0.4, 0.5) is 0 Å². The van der Waals surface area contributed by atoms with Crippen LogP contribution in [-0.4, -0.2) is 48.0 Å². The molecule has 5 rings (SSSR count). The van der Waals surface area contributed by atoms with Gasteiger partial charge < -0.3 is 15.0 Å². The number of pyridine rings is 1. The monoisotopic (exact) mass is 513 g/mol. The van der Waals surface area contributed by atoms with Crippen molar-refractivity contribution in [2.75, 3.05) is 20.3 Å². The lowest BCUT2D eigenvalue weighted by atomic mass is 9.84. The highest BCUT2D eigenvalue weighted by molar-refractivity contribution is 6.09. The zero-order valence-corrected chi connectivity index (χ0v) is 22.6. The summed E-state index contributed by atoms with van der Waals surface area (Å²) in [6.07, 6.45) is 7.52. The SMILES string of the molecule is C[C@H](NC(=O)c1c(CN(C)C(=O)C2CCOCC2)c(-c2ccccc2)nc2ccccc12)C1CCCCC1. The first-order valence-electron chi connectivity index (χ1n) is 14.1. The van der Waals surface area contributed by atoms with Crippen molar-refractivity contribution in [3.05, 3.63) is 65.7 Å². The van der Waals surface area contributed by atoms with Crippen LogP contribution in [0, 0.1) is 11.8 Å². The summed E-state index contributed by atoms with van der Waals surface area (Å²) in [5.74, 6) is 0.463. The van der Waals surface area contributed by atoms with E-state index in [4.69, 9.17) is 9.72 Å². The summed E-state index contributed by atoms with van der Waals surface area (Å²) >= 11 is 0. The van der Waals surface area contributed by atoms with E-state index < -0.39 is 0 Å². The van der Waals surface area contributed by atoms with Crippen molar-refractivity contribution in [2.24, 2.45) is 11.8 Å². The topological polar surface area (TPSA) is 71.5 Å². The van der Waals surface area contributed by atoms with Crippen LogP contribution in [0.15, 0.2) is 54.6 Å². The van der Waals surface area contributed by atoms with E-state index in [1.54, 1.807) is 4.90 Å². The van der Waals surface area contributed by atoms with Crippen LogP contribution < -0.4 is 5.32 Å². The molecule has 2 fully saturated rings. The first kappa shape index (κ1) is 26.4. The van der Waals surface area contributed by atoms with Gasteiger partial charge in [-0.05, 0) is 44.6 Å². The molecule has 6 heteroatoms. The van der Waals surface area contributed by atoms with Crippen molar-refractivity contribution < 1.29 is 14.3 Å². The van der Waals surface area contributed by atoms with Gasteiger partial charge in [-0.25, -0.2) is 4.98 Å². The highest BCUT2D eigenvalue weighted by Crippen LogP contribution is 2.33. The zero-order valence-electron chi connectivity index (χ0n) is 22.6. The molecule has 1 aliphatic carbocycles. The third-order valence-electron chi connectivity index (χ3n) is 8.33. The molecule has 200 valence electrons. The second kappa shape index (κ2) is 12.1. The summed E-state index contributed by atoms with van der Waals surface area (Å²) in [5, 5.41) is 4.18. The van der Waals surface area contributed by atoms with Gasteiger partial charge in [-0.1, -0.05) is 67.8 Å². The third kappa shape index (κ3) is 5.75. The lowest BCUT2D eigenvalue weighted by molar-refractivity contribution is -0.137. The molecular weight excluding hydrogens is 474 g/mol. The third-order valence-corrected chi connectivity index (χ3v) is 8.33. The number of carbonyl (C=O) groups excluding carboxylic acids is 2. The average Bonchev–Trinajstić information content (AvgIpc) is 2.97. The van der Waals surface area contributed by atoms with Gasteiger partial charge in [0.15, 0.2) is 0 Å². The fourth-order valence-electron chi connectivity index (χ4n) is 6.10. The molecule has 0 radical (unpaired) electrons. The van der Waals surface area contributed by atoms with Crippen LogP contribution in [0.2, 0.25) is 0 Å². The Balaban J connectivity index is 1.57. The van der Waals surface area contributed by atoms with Gasteiger partial charge in [-0.15, -0.1) is 0 Å². The minimum absolute atomic E-state index is 0.0501. The number of nitrogens with one attached hydrogen (secondary N) is 1. The largest absolute Gasteiger partial charge is 0.381 e. The number of hydrogen-bond donors (Lipinski definition) is 1. The van der Waals surface area contributed by atoms with Gasteiger partial charge >= 0.3 is 0 Å². The molecule has 0 unspecified atom stereocenters. The summed E-state index contributed by atoms with van der Waals surface area (Å²) in [7, 11) is 1.84. The Kier molecular flexibility index (Phi) is 8.38. The van der Waals surface area contributed by atoms with Crippen molar-refractivity contribution in [3.8, 4) is 11.3 Å². The smallest absolute Gasteiger partial charge is 0.252 e. The lowest BCUT2D eigenvalue weighted by Crippen LogP contribution is -2.40. The highest BCUT2D eigenvalue weighted by atomic mass is 16.5. The number of para-hydroxylation sites is 1. The van der Waals surface area contributed by atoms with Gasteiger partial charge in [0.05, 0.1) is 16.8 Å². The normalized spacial score (nSPS) is 17.7. The minimum atomic E-state index is -0.0826. The number of rotatable bonds is 7. The Hall–Kier alpha value is -3.25. The molecule has 2 aliphatic rings. The van der Waals surface area contributed by atoms with E-state index in [9.17, 15) is 9.59 Å². The zero-order chi connectivity index (χ0) is 26.5. The molecule has 1 saturated heterocycles. The number of hydrogen-bond acceptors (Lipinski definition) is 4. The molecule has 1 atom stereocenters. The quantitative estimate of drug-likeness (QED) is 0.422. The fourth-order valence-corrected chi connectivity index (χ4v) is 6.10. The molecule has 1 saturated carbocycles. The second-order valence-corrected chi connectivity index (χ2v) is 10.9. The van der Waals surface area contributed by atoms with Gasteiger partial charge in [0.1, 0.15) is 0 Å². The maximum atomic E-state index is 14.1. The van der Waals surface area contributed by atoms with Crippen LogP contribution in [0.3, 0.4) is 0 Å². The van der Waals surface area contributed by atoms with Crippen LogP contribution in [0.25, 0.3) is 22.2 Å². The number of aromatic nitrogens is 1. The minimum Gasteiger partial charge on any atom is -0.381 e. The Morgan fingerprint density at radius 3 is 2.39 bits per heavy atom. The van der Waals surface area contributed by atoms with Gasteiger partial charge in [0.25, 0.3) is 5.91 Å². The van der Waals surface area contributed by atoms with Crippen molar-refractivity contribution in [3.63, 3.8) is 0 Å². The first-order valence-corrected chi connectivity index (χ1v) is 14.1. The Labute approximate surface area is 225 Å². The average molecular weight is 514 g/mol. The van der Waals surface area contributed by atoms with E-state index in [-0.39, 0.29) is 23.8 Å². The molecule has 2 heterocycles. The number of fused-ring (bicyclic) bond motifs is 1. The Morgan fingerprint density at radius 2 is 1.66 bits per heavy atom. The van der Waals surface area contributed by atoms with Gasteiger partial charge in [0, 0.05) is 55.3 Å². The predicted octanol–water partition coefficient (Wildman–Crippen LogP) is 5.99. The van der Waals surface area contributed by atoms with E-state index >= 15 is 0 Å². The molecule has 1 aromatic heterocycles. The van der Waals surface area contributed by atoms with E-state index in [0.717, 1.165) is 53.4 Å². The van der Waals surface area contributed by atoms with Crippen molar-refractivity contribution >= 4 is 22.7 Å². The molecule has 38 heavy (non-hydrogen) atoms. The number of ether oxygens (including phenoxy) is 1. The first-order chi connectivity index (χ1) is 18.5. The van der Waals surface area contributed by atoms with Crippen LogP contribution >= 0.6 is 0 Å². The van der Waals surface area contributed by atoms with E-state index in [2.05, 4.69) is 12.2 Å². The molecule has 3 aromatic rings. The number of benzene rings is 2. The van der Waals surface area contributed by atoms with Crippen molar-refractivity contribution in [2.45, 2.75) is 64.5 Å². The molecule has 0 spiro atoms. The molecule has 1 aliphatic heterocycles. The number of carbonyl (C=O) groups is 2. The standard InChI is InChI=1S/C32H39N3O3/c1-22(23-11-5-3-6-12-23)33-31(36)29-26-15-9-10-16-28(26)34-30(24-13-7-4-8-14-24)27(29)21-35(2)32(37)25-17-19-38-20-18-25/h4,7-10,13-16,22-23,25H,3,5-6,11-12,17-21H2,1-2H3,(H,33,36)/t22-/m0/s1. The van der Waals surface area contributed by atoms with Crippen LogP contribution in [0.1, 0.15) is 67.8 Å². The summed E-state index contributed by atoms with van der Waals surface area (Å²) in [6.45, 7) is 3.68. The highest BCUT2D eigenvalue weighted by Gasteiger charge is 2.29. The Bertz CT molecular complexity index is 1260. The second-order valence-electron chi connectivity index (χ2n) is 10.9. The summed E-state index contributed by atoms with van der Waals surface area (Å²) < 4.78 is 5.48. The van der Waals surface area contributed by atoms with Crippen molar-refractivity contribution in [1.82, 2.24) is 15.2 Å². The van der Waals surface area contributed by atoms with Crippen LogP contribution in [-0.2, 0) is 16.1 Å². The predicted molar refractivity (Wildman–Crippen MR) is 151 cm³/mol. The molecule has 2 aromatic carbocycles. The van der Waals surface area contributed by atoms with Gasteiger partial charge in [-0.3, -0.25) is 9.59 Å². The number of nitrogens with zero attached hydrogens (tertiary/aromatic N) is 2. The molecule has 1 N–H and O–H groups in total.